The monoisotopic (exact) mass is 318 g/mol. The van der Waals surface area contributed by atoms with Crippen LogP contribution in [0.25, 0.3) is 0 Å². The number of ether oxygens (including phenoxy) is 1. The fourth-order valence-electron chi connectivity index (χ4n) is 2.46. The molecule has 5 nitrogen and oxygen atoms in total. The average molecular weight is 318 g/mol. The van der Waals surface area contributed by atoms with Crippen molar-refractivity contribution in [3.8, 4) is 0 Å². The zero-order chi connectivity index (χ0) is 14.4. The molecule has 2 rings (SSSR count). The highest BCUT2D eigenvalue weighted by Crippen LogP contribution is 2.27. The minimum Gasteiger partial charge on any atom is -0.383 e. The molecule has 0 bridgehead atoms. The third kappa shape index (κ3) is 3.79. The molecule has 0 spiro atoms. The zero-order valence-corrected chi connectivity index (χ0v) is 13.4. The highest BCUT2D eigenvalue weighted by molar-refractivity contribution is 7.91. The van der Waals surface area contributed by atoms with E-state index in [1.807, 2.05) is 5.38 Å². The van der Waals surface area contributed by atoms with Crippen LogP contribution in [0.2, 0.25) is 0 Å². The summed E-state index contributed by atoms with van der Waals surface area (Å²) >= 11 is 1.29. The van der Waals surface area contributed by atoms with Crippen LogP contribution in [0, 0.1) is 0 Å². The molecule has 1 aliphatic rings. The molecule has 2 heterocycles. The molecule has 1 aromatic rings. The predicted molar refractivity (Wildman–Crippen MR) is 80.6 cm³/mol. The van der Waals surface area contributed by atoms with Crippen molar-refractivity contribution in [2.45, 2.75) is 29.5 Å². The molecule has 0 aliphatic carbocycles. The molecule has 0 radical (unpaired) electrons. The minimum absolute atomic E-state index is 0.0488. The maximum absolute atomic E-state index is 12.6. The van der Waals surface area contributed by atoms with Crippen LogP contribution in [0.1, 0.15) is 19.3 Å². The normalized spacial score (nSPS) is 21.1. The number of sulfonamides is 1. The number of piperidine rings is 1. The largest absolute Gasteiger partial charge is 0.383 e. The van der Waals surface area contributed by atoms with E-state index >= 15 is 0 Å². The second-order valence-corrected chi connectivity index (χ2v) is 7.96. The SMILES string of the molecule is COCCNCC1CCCCN1S(=O)(=O)c1cccs1. The fourth-order valence-corrected chi connectivity index (χ4v) is 5.28. The maximum atomic E-state index is 12.6. The molecular formula is C13H22N2O3S2. The number of thiophene rings is 1. The number of hydrogen-bond donors (Lipinski definition) is 1. The van der Waals surface area contributed by atoms with E-state index in [2.05, 4.69) is 5.32 Å². The van der Waals surface area contributed by atoms with E-state index in [0.29, 0.717) is 23.9 Å². The highest BCUT2D eigenvalue weighted by atomic mass is 32.2. The molecule has 1 aromatic heterocycles. The lowest BCUT2D eigenvalue weighted by atomic mass is 10.1. The Hall–Kier alpha value is -0.470. The average Bonchev–Trinajstić information content (AvgIpc) is 2.99. The Bertz CT molecular complexity index is 488. The fraction of sp³-hybridized carbons (Fsp3) is 0.692. The maximum Gasteiger partial charge on any atom is 0.252 e. The van der Waals surface area contributed by atoms with Gasteiger partial charge in [-0.15, -0.1) is 11.3 Å². The van der Waals surface area contributed by atoms with E-state index in [9.17, 15) is 8.42 Å². The van der Waals surface area contributed by atoms with Gasteiger partial charge < -0.3 is 10.1 Å². The molecule has 1 atom stereocenters. The van der Waals surface area contributed by atoms with Crippen molar-refractivity contribution in [1.82, 2.24) is 9.62 Å². The van der Waals surface area contributed by atoms with Gasteiger partial charge in [0.25, 0.3) is 10.0 Å². The van der Waals surface area contributed by atoms with Crippen LogP contribution >= 0.6 is 11.3 Å². The first-order chi connectivity index (χ1) is 9.66. The molecule has 1 fully saturated rings. The Kier molecular flexibility index (Phi) is 5.98. The van der Waals surface area contributed by atoms with E-state index in [-0.39, 0.29) is 6.04 Å². The molecule has 1 aliphatic heterocycles. The first-order valence-corrected chi connectivity index (χ1v) is 9.23. The van der Waals surface area contributed by atoms with Crippen LogP contribution in [0.5, 0.6) is 0 Å². The second kappa shape index (κ2) is 7.51. The molecule has 1 saturated heterocycles. The van der Waals surface area contributed by atoms with Gasteiger partial charge in [-0.3, -0.25) is 0 Å². The predicted octanol–water partition coefficient (Wildman–Crippen LogP) is 1.53. The van der Waals surface area contributed by atoms with Crippen molar-refractivity contribution >= 4 is 21.4 Å². The van der Waals surface area contributed by atoms with Crippen molar-refractivity contribution in [3.63, 3.8) is 0 Å². The number of nitrogens with zero attached hydrogens (tertiary/aromatic N) is 1. The molecule has 114 valence electrons. The molecule has 0 aromatic carbocycles. The number of methoxy groups -OCH3 is 1. The minimum atomic E-state index is -3.33. The van der Waals surface area contributed by atoms with Crippen LogP contribution in [0.3, 0.4) is 0 Å². The van der Waals surface area contributed by atoms with Crippen molar-refractivity contribution < 1.29 is 13.2 Å². The Labute approximate surface area is 125 Å². The Morgan fingerprint density at radius 2 is 2.35 bits per heavy atom. The highest BCUT2D eigenvalue weighted by Gasteiger charge is 2.33. The summed E-state index contributed by atoms with van der Waals surface area (Å²) in [5, 5.41) is 5.08. The van der Waals surface area contributed by atoms with Gasteiger partial charge in [-0.25, -0.2) is 8.42 Å². The third-order valence-electron chi connectivity index (χ3n) is 3.49. The van der Waals surface area contributed by atoms with Gasteiger partial charge in [0.1, 0.15) is 4.21 Å². The number of hydrogen-bond acceptors (Lipinski definition) is 5. The van der Waals surface area contributed by atoms with Gasteiger partial charge in [-0.1, -0.05) is 12.5 Å². The first-order valence-electron chi connectivity index (χ1n) is 6.91. The molecule has 0 amide bonds. The van der Waals surface area contributed by atoms with Gasteiger partial charge >= 0.3 is 0 Å². The van der Waals surface area contributed by atoms with E-state index < -0.39 is 10.0 Å². The van der Waals surface area contributed by atoms with Crippen LogP contribution in [0.4, 0.5) is 0 Å². The summed E-state index contributed by atoms with van der Waals surface area (Å²) in [7, 11) is -1.67. The standard InChI is InChI=1S/C13H22N2O3S2/c1-18-9-7-14-11-12-5-2-3-8-15(12)20(16,17)13-6-4-10-19-13/h4,6,10,12,14H,2-3,5,7-9,11H2,1H3. The lowest BCUT2D eigenvalue weighted by Gasteiger charge is -2.34. The lowest BCUT2D eigenvalue weighted by Crippen LogP contribution is -2.48. The van der Waals surface area contributed by atoms with Crippen molar-refractivity contribution in [2.75, 3.05) is 33.4 Å². The van der Waals surface area contributed by atoms with E-state index in [1.54, 1.807) is 23.5 Å². The van der Waals surface area contributed by atoms with E-state index in [0.717, 1.165) is 25.8 Å². The Morgan fingerprint density at radius 3 is 3.05 bits per heavy atom. The summed E-state index contributed by atoms with van der Waals surface area (Å²) in [6, 6.07) is 3.52. The van der Waals surface area contributed by atoms with Gasteiger partial charge in [0.05, 0.1) is 6.61 Å². The van der Waals surface area contributed by atoms with Gasteiger partial charge in [0.15, 0.2) is 0 Å². The van der Waals surface area contributed by atoms with Gasteiger partial charge in [0, 0.05) is 32.8 Å². The molecule has 7 heteroatoms. The van der Waals surface area contributed by atoms with Crippen LogP contribution in [-0.2, 0) is 14.8 Å². The molecule has 1 N–H and O–H groups in total. The summed E-state index contributed by atoms with van der Waals surface area (Å²) in [5.41, 5.74) is 0. The van der Waals surface area contributed by atoms with Crippen LogP contribution in [-0.4, -0.2) is 52.1 Å². The summed E-state index contributed by atoms with van der Waals surface area (Å²) in [5.74, 6) is 0. The van der Waals surface area contributed by atoms with Crippen LogP contribution in [0.15, 0.2) is 21.7 Å². The third-order valence-corrected chi connectivity index (χ3v) is 6.82. The summed E-state index contributed by atoms with van der Waals surface area (Å²) in [6.45, 7) is 2.70. The second-order valence-electron chi connectivity index (χ2n) is 4.89. The van der Waals surface area contributed by atoms with E-state index in [4.69, 9.17) is 4.74 Å². The smallest absolute Gasteiger partial charge is 0.252 e. The molecule has 20 heavy (non-hydrogen) atoms. The summed E-state index contributed by atoms with van der Waals surface area (Å²) in [6.07, 6.45) is 2.96. The zero-order valence-electron chi connectivity index (χ0n) is 11.7. The molecular weight excluding hydrogens is 296 g/mol. The van der Waals surface area contributed by atoms with Gasteiger partial charge in [-0.2, -0.15) is 4.31 Å². The van der Waals surface area contributed by atoms with Crippen molar-refractivity contribution in [3.05, 3.63) is 17.5 Å². The first kappa shape index (κ1) is 15.9. The summed E-state index contributed by atoms with van der Waals surface area (Å²) < 4.78 is 32.4. The summed E-state index contributed by atoms with van der Waals surface area (Å²) in [4.78, 5) is 0. The lowest BCUT2D eigenvalue weighted by molar-refractivity contribution is 0.191. The Morgan fingerprint density at radius 1 is 1.50 bits per heavy atom. The van der Waals surface area contributed by atoms with E-state index in [1.165, 1.54) is 11.3 Å². The van der Waals surface area contributed by atoms with Crippen molar-refractivity contribution in [1.29, 1.82) is 0 Å². The number of rotatable bonds is 7. The van der Waals surface area contributed by atoms with Crippen molar-refractivity contribution in [2.24, 2.45) is 0 Å². The quantitative estimate of drug-likeness (QED) is 0.775. The number of nitrogens with one attached hydrogen (secondary N) is 1. The molecule has 1 unspecified atom stereocenters. The topological polar surface area (TPSA) is 58.6 Å². The van der Waals surface area contributed by atoms with Crippen LogP contribution < -0.4 is 5.32 Å². The Balaban J connectivity index is 2.03. The molecule has 0 saturated carbocycles. The van der Waals surface area contributed by atoms with Gasteiger partial charge in [-0.05, 0) is 24.3 Å². The van der Waals surface area contributed by atoms with Gasteiger partial charge in [0.2, 0.25) is 0 Å².